The normalized spacial score (nSPS) is 15.0. The number of nitrogens with zero attached hydrogens (tertiary/aromatic N) is 1. The fourth-order valence-electron chi connectivity index (χ4n) is 5.54. The second kappa shape index (κ2) is 7.22. The minimum absolute atomic E-state index is 0.599. The Morgan fingerprint density at radius 1 is 0.735 bits per heavy atom. The summed E-state index contributed by atoms with van der Waals surface area (Å²) in [4.78, 5) is 6.53. The molecule has 1 atom stereocenters. The zero-order chi connectivity index (χ0) is 23.0. The van der Waals surface area contributed by atoms with Crippen LogP contribution in [0.1, 0.15) is 19.4 Å². The molecule has 0 saturated heterocycles. The Kier molecular flexibility index (Phi) is 4.22. The summed E-state index contributed by atoms with van der Waals surface area (Å²) >= 11 is 0. The van der Waals surface area contributed by atoms with Gasteiger partial charge in [-0.3, -0.25) is 4.98 Å². The first kappa shape index (κ1) is 19.9. The van der Waals surface area contributed by atoms with Crippen LogP contribution >= 0.6 is 0 Å². The maximum atomic E-state index is 14.0. The Balaban J connectivity index is 1.60. The summed E-state index contributed by atoms with van der Waals surface area (Å²) in [5.74, 6) is 0.599. The first-order valence-electron chi connectivity index (χ1n) is 11.8. The molecule has 0 aliphatic carbocycles. The Bertz CT molecular complexity index is 1830. The maximum absolute atomic E-state index is 14.0. The third kappa shape index (κ3) is 2.80. The monoisotopic (exact) mass is 457 g/mol. The largest absolute Gasteiger partial charge is 0.255 e. The van der Waals surface area contributed by atoms with Gasteiger partial charge in [-0.15, -0.1) is 0 Å². The lowest BCUT2D eigenvalue weighted by Crippen LogP contribution is -2.05. The van der Waals surface area contributed by atoms with Crippen molar-refractivity contribution in [2.24, 2.45) is 5.92 Å². The van der Waals surface area contributed by atoms with Gasteiger partial charge >= 0.3 is 0 Å². The summed E-state index contributed by atoms with van der Waals surface area (Å²) in [5, 5.41) is 9.20. The third-order valence-electron chi connectivity index (χ3n) is 7.04. The van der Waals surface area contributed by atoms with Crippen LogP contribution in [0.3, 0.4) is 0 Å². The average molecular weight is 458 g/mol. The number of hydrogen-bond donors (Lipinski definition) is 0. The van der Waals surface area contributed by atoms with Gasteiger partial charge in [0.25, 0.3) is 0 Å². The van der Waals surface area contributed by atoms with Crippen LogP contribution in [0.4, 0.5) is 0 Å². The van der Waals surface area contributed by atoms with Crippen molar-refractivity contribution in [1.82, 2.24) is 4.98 Å². The van der Waals surface area contributed by atoms with E-state index in [1.54, 1.807) is 0 Å². The van der Waals surface area contributed by atoms with Gasteiger partial charge < -0.3 is 0 Å². The topological polar surface area (TPSA) is 30.0 Å². The SMILES string of the molecule is CC(C)Cc1ccc2ccc3c4ccnc5c4c(cc3c2c1)S(=O)c1cc2ccccc2cc1-5. The minimum Gasteiger partial charge on any atom is -0.255 e. The van der Waals surface area contributed by atoms with Gasteiger partial charge in [0.2, 0.25) is 0 Å². The molecule has 1 aromatic heterocycles. The average Bonchev–Trinajstić information content (AvgIpc) is 2.85. The molecule has 2 heterocycles. The number of benzene rings is 5. The molecule has 6 aromatic rings. The van der Waals surface area contributed by atoms with E-state index in [1.165, 1.54) is 27.1 Å². The molecule has 3 heteroatoms. The van der Waals surface area contributed by atoms with Crippen LogP contribution in [-0.2, 0) is 17.2 Å². The highest BCUT2D eigenvalue weighted by Gasteiger charge is 2.27. The zero-order valence-electron chi connectivity index (χ0n) is 19.1. The summed E-state index contributed by atoms with van der Waals surface area (Å²) in [6.07, 6.45) is 2.95. The van der Waals surface area contributed by atoms with Crippen LogP contribution in [0.15, 0.2) is 94.9 Å². The molecule has 7 rings (SSSR count). The van der Waals surface area contributed by atoms with Gasteiger partial charge in [0.05, 0.1) is 26.3 Å². The smallest absolute Gasteiger partial charge is 0.0864 e. The van der Waals surface area contributed by atoms with E-state index >= 15 is 0 Å². The van der Waals surface area contributed by atoms with Gasteiger partial charge in [0.15, 0.2) is 0 Å². The highest BCUT2D eigenvalue weighted by molar-refractivity contribution is 7.85. The van der Waals surface area contributed by atoms with Crippen LogP contribution in [0.2, 0.25) is 0 Å². The van der Waals surface area contributed by atoms with E-state index in [9.17, 15) is 4.21 Å². The van der Waals surface area contributed by atoms with Crippen molar-refractivity contribution in [3.8, 4) is 11.3 Å². The van der Waals surface area contributed by atoms with Crippen LogP contribution in [0.25, 0.3) is 54.3 Å². The summed E-state index contributed by atoms with van der Waals surface area (Å²) < 4.78 is 14.0. The molecule has 34 heavy (non-hydrogen) atoms. The standard InChI is InChI=1S/C31H23NOS/c1-18(2)13-19-7-8-20-9-10-23-24-11-12-32-31-27-15-21-5-3-4-6-22(21)16-28(27)34(33)29(30(24)31)17-26(23)25(20)14-19/h3-12,14-18H,13H2,1-2H3. The molecule has 0 fully saturated rings. The molecule has 0 N–H and O–H groups in total. The fraction of sp³-hybridized carbons (Fsp3) is 0.129. The van der Waals surface area contributed by atoms with Crippen molar-refractivity contribution in [3.63, 3.8) is 0 Å². The Labute approximate surface area is 200 Å². The molecule has 0 saturated carbocycles. The maximum Gasteiger partial charge on any atom is 0.0864 e. The molecule has 1 unspecified atom stereocenters. The van der Waals surface area contributed by atoms with Crippen molar-refractivity contribution >= 4 is 53.9 Å². The molecule has 0 amide bonds. The number of hydrogen-bond acceptors (Lipinski definition) is 2. The van der Waals surface area contributed by atoms with Crippen LogP contribution in [0, 0.1) is 5.92 Å². The van der Waals surface area contributed by atoms with E-state index in [0.717, 1.165) is 49.0 Å². The second-order valence-corrected chi connectivity index (χ2v) is 11.2. The fourth-order valence-corrected chi connectivity index (χ4v) is 6.99. The van der Waals surface area contributed by atoms with Crippen molar-refractivity contribution < 1.29 is 4.21 Å². The summed E-state index contributed by atoms with van der Waals surface area (Å²) in [6.45, 7) is 4.51. The van der Waals surface area contributed by atoms with E-state index in [-0.39, 0.29) is 0 Å². The van der Waals surface area contributed by atoms with Gasteiger partial charge in [-0.1, -0.05) is 68.4 Å². The molecule has 2 nitrogen and oxygen atoms in total. The van der Waals surface area contributed by atoms with Crippen molar-refractivity contribution in [1.29, 1.82) is 0 Å². The van der Waals surface area contributed by atoms with Gasteiger partial charge in [-0.2, -0.15) is 0 Å². The zero-order valence-corrected chi connectivity index (χ0v) is 19.9. The lowest BCUT2D eigenvalue weighted by atomic mass is 9.92. The number of pyridine rings is 1. The highest BCUT2D eigenvalue weighted by atomic mass is 32.2. The Morgan fingerprint density at radius 2 is 1.53 bits per heavy atom. The predicted octanol–water partition coefficient (Wildman–Crippen LogP) is 8.04. The number of aromatic nitrogens is 1. The molecule has 0 bridgehead atoms. The van der Waals surface area contributed by atoms with Gasteiger partial charge in [-0.05, 0) is 79.9 Å². The first-order valence-corrected chi connectivity index (χ1v) is 13.0. The van der Waals surface area contributed by atoms with Crippen molar-refractivity contribution in [2.75, 3.05) is 0 Å². The summed E-state index contributed by atoms with van der Waals surface area (Å²) in [7, 11) is -1.27. The van der Waals surface area contributed by atoms with Gasteiger partial charge in [0, 0.05) is 17.1 Å². The van der Waals surface area contributed by atoms with Gasteiger partial charge in [-0.25, -0.2) is 4.21 Å². The van der Waals surface area contributed by atoms with E-state index < -0.39 is 10.8 Å². The van der Waals surface area contributed by atoms with Crippen molar-refractivity contribution in [3.05, 3.63) is 90.6 Å². The minimum atomic E-state index is -1.27. The Hall–Kier alpha value is -3.56. The van der Waals surface area contributed by atoms with Gasteiger partial charge in [0.1, 0.15) is 0 Å². The third-order valence-corrected chi connectivity index (χ3v) is 8.50. The summed E-state index contributed by atoms with van der Waals surface area (Å²) in [5.41, 5.74) is 3.26. The van der Waals surface area contributed by atoms with Crippen LogP contribution in [-0.4, -0.2) is 9.19 Å². The molecule has 1 aliphatic rings. The quantitative estimate of drug-likeness (QED) is 0.246. The lowest BCUT2D eigenvalue weighted by Gasteiger charge is -2.22. The molecule has 0 radical (unpaired) electrons. The predicted molar refractivity (Wildman–Crippen MR) is 143 cm³/mol. The molecule has 0 spiro atoms. The van der Waals surface area contributed by atoms with E-state index in [1.807, 2.05) is 18.3 Å². The van der Waals surface area contributed by atoms with E-state index in [4.69, 9.17) is 4.98 Å². The van der Waals surface area contributed by atoms with E-state index in [2.05, 4.69) is 80.6 Å². The first-order chi connectivity index (χ1) is 16.6. The van der Waals surface area contributed by atoms with Crippen molar-refractivity contribution in [2.45, 2.75) is 30.1 Å². The molecule has 5 aromatic carbocycles. The molecule has 1 aliphatic heterocycles. The van der Waals surface area contributed by atoms with Crippen LogP contribution in [0.5, 0.6) is 0 Å². The van der Waals surface area contributed by atoms with Crippen LogP contribution < -0.4 is 0 Å². The lowest BCUT2D eigenvalue weighted by molar-refractivity contribution is 0.648. The summed E-state index contributed by atoms with van der Waals surface area (Å²) in [6, 6.07) is 27.9. The highest BCUT2D eigenvalue weighted by Crippen LogP contribution is 2.46. The van der Waals surface area contributed by atoms with E-state index in [0.29, 0.717) is 5.92 Å². The molecule has 164 valence electrons. The number of fused-ring (bicyclic) bond motifs is 7. The second-order valence-electron chi connectivity index (χ2n) is 9.74. The Morgan fingerprint density at radius 3 is 2.35 bits per heavy atom. The number of rotatable bonds is 2. The molecular weight excluding hydrogens is 434 g/mol. The molecular formula is C31H23NOS.